The van der Waals surface area contributed by atoms with E-state index in [4.69, 9.17) is 15.2 Å². The highest BCUT2D eigenvalue weighted by molar-refractivity contribution is 5.98. The van der Waals surface area contributed by atoms with Crippen LogP contribution in [0.5, 0.6) is 17.2 Å². The van der Waals surface area contributed by atoms with Gasteiger partial charge >= 0.3 is 0 Å². The van der Waals surface area contributed by atoms with Gasteiger partial charge in [-0.1, -0.05) is 6.58 Å². The van der Waals surface area contributed by atoms with Crippen LogP contribution >= 0.6 is 0 Å². The van der Waals surface area contributed by atoms with Gasteiger partial charge in [0.2, 0.25) is 11.9 Å². The number of rotatable bonds is 10. The number of primary amides is 1. The first-order valence-corrected chi connectivity index (χ1v) is 13.3. The molecule has 4 N–H and O–H groups in total. The molecule has 42 heavy (non-hydrogen) atoms. The van der Waals surface area contributed by atoms with Gasteiger partial charge in [0.1, 0.15) is 28.6 Å². The minimum atomic E-state index is -0.689. The van der Waals surface area contributed by atoms with Crippen LogP contribution in [-0.4, -0.2) is 61.6 Å². The van der Waals surface area contributed by atoms with Gasteiger partial charge in [-0.05, 0) is 49.6 Å². The second-order valence-corrected chi connectivity index (χ2v) is 9.65. The van der Waals surface area contributed by atoms with E-state index in [1.165, 1.54) is 19.4 Å². The number of aromatic nitrogens is 5. The Bertz CT molecular complexity index is 1600. The van der Waals surface area contributed by atoms with Crippen molar-refractivity contribution in [1.82, 2.24) is 29.6 Å². The van der Waals surface area contributed by atoms with E-state index >= 15 is 0 Å². The molecular formula is C29H31N9O4. The maximum absolute atomic E-state index is 12.2. The molecule has 1 fully saturated rings. The second-order valence-electron chi connectivity index (χ2n) is 9.65. The quantitative estimate of drug-likeness (QED) is 0.237. The summed E-state index contributed by atoms with van der Waals surface area (Å²) in [6.07, 6.45) is 11.1. The van der Waals surface area contributed by atoms with E-state index in [0.29, 0.717) is 41.7 Å². The Morgan fingerprint density at radius 2 is 1.95 bits per heavy atom. The van der Waals surface area contributed by atoms with E-state index in [1.54, 1.807) is 41.7 Å². The van der Waals surface area contributed by atoms with Gasteiger partial charge in [0, 0.05) is 37.7 Å². The van der Waals surface area contributed by atoms with Crippen LogP contribution in [0.25, 0.3) is 0 Å². The highest BCUT2D eigenvalue weighted by Gasteiger charge is 2.23. The summed E-state index contributed by atoms with van der Waals surface area (Å²) in [4.78, 5) is 38.8. The number of hydrogen-bond acceptors (Lipinski definition) is 10. The van der Waals surface area contributed by atoms with Crippen molar-refractivity contribution >= 4 is 35.0 Å². The molecule has 13 nitrogen and oxygen atoms in total. The lowest BCUT2D eigenvalue weighted by molar-refractivity contribution is -0.127. The van der Waals surface area contributed by atoms with Crippen LogP contribution < -0.4 is 25.8 Å². The van der Waals surface area contributed by atoms with Gasteiger partial charge in [-0.2, -0.15) is 10.1 Å². The normalized spacial score (nSPS) is 13.3. The summed E-state index contributed by atoms with van der Waals surface area (Å²) in [5, 5.41) is 10.8. The van der Waals surface area contributed by atoms with Crippen LogP contribution in [0, 0.1) is 6.92 Å². The number of amides is 2. The Morgan fingerprint density at radius 1 is 1.14 bits per heavy atom. The zero-order chi connectivity index (χ0) is 29.6. The number of ether oxygens (including phenoxy) is 2. The number of pyridine rings is 1. The molecule has 0 bridgehead atoms. The largest absolute Gasteiger partial charge is 0.494 e. The number of methoxy groups -OCH3 is 1. The van der Waals surface area contributed by atoms with Gasteiger partial charge in [-0.15, -0.1) is 0 Å². The molecule has 1 aliphatic heterocycles. The monoisotopic (exact) mass is 569 g/mol. The number of nitrogens with one attached hydrogen (secondary N) is 2. The topological polar surface area (TPSA) is 162 Å². The fourth-order valence-corrected chi connectivity index (χ4v) is 4.69. The lowest BCUT2D eigenvalue weighted by Crippen LogP contribution is -2.38. The van der Waals surface area contributed by atoms with Crippen molar-refractivity contribution in [2.24, 2.45) is 5.73 Å². The van der Waals surface area contributed by atoms with E-state index in [2.05, 4.69) is 37.3 Å². The van der Waals surface area contributed by atoms with E-state index in [0.717, 1.165) is 18.4 Å². The van der Waals surface area contributed by atoms with Gasteiger partial charge in [-0.25, -0.2) is 4.98 Å². The first-order chi connectivity index (χ1) is 20.3. The Hall–Kier alpha value is -5.46. The van der Waals surface area contributed by atoms with Crippen LogP contribution in [0.15, 0.2) is 67.9 Å². The lowest BCUT2D eigenvalue weighted by atomic mass is 10.1. The summed E-state index contributed by atoms with van der Waals surface area (Å²) < 4.78 is 13.4. The number of likely N-dealkylation sites (tertiary alicyclic amines) is 1. The minimum absolute atomic E-state index is 0.0564. The second kappa shape index (κ2) is 12.4. The third-order valence-electron chi connectivity index (χ3n) is 6.84. The molecule has 216 valence electrons. The van der Waals surface area contributed by atoms with Crippen molar-refractivity contribution in [3.63, 3.8) is 0 Å². The predicted octanol–water partition coefficient (Wildman–Crippen LogP) is 4.11. The average Bonchev–Trinajstić information content (AvgIpc) is 3.47. The summed E-state index contributed by atoms with van der Waals surface area (Å²) in [5.74, 6) is 1.30. The molecule has 0 radical (unpaired) electrons. The van der Waals surface area contributed by atoms with Crippen molar-refractivity contribution < 1.29 is 19.1 Å². The lowest BCUT2D eigenvalue weighted by Gasteiger charge is -2.31. The third kappa shape index (κ3) is 6.30. The molecule has 5 rings (SSSR count). The van der Waals surface area contributed by atoms with E-state index < -0.39 is 5.91 Å². The van der Waals surface area contributed by atoms with Gasteiger partial charge in [-0.3, -0.25) is 19.3 Å². The molecule has 0 unspecified atom stereocenters. The van der Waals surface area contributed by atoms with E-state index in [1.807, 2.05) is 23.9 Å². The van der Waals surface area contributed by atoms with E-state index in [9.17, 15) is 9.59 Å². The van der Waals surface area contributed by atoms with Crippen molar-refractivity contribution in [3.05, 3.63) is 79.0 Å². The first kappa shape index (κ1) is 28.1. The van der Waals surface area contributed by atoms with Crippen molar-refractivity contribution in [2.75, 3.05) is 30.8 Å². The standard InChI is InChI=1S/C29H31N9O4/c1-4-25(39)37-10-7-20(8-11-37)38-17-19(14-33-38)34-29-32-16-23(27(30)40)28(36-29)35-26-18(2)12-22(13-24(26)41-3)42-21-6-5-9-31-15-21/h4-6,9,12-17,20H,1,7-8,10-11H2,2-3H3,(H2,30,40)(H2,32,34,35,36). The molecular weight excluding hydrogens is 538 g/mol. The Morgan fingerprint density at radius 3 is 2.64 bits per heavy atom. The number of carbonyl (C=O) groups excluding carboxylic acids is 2. The summed E-state index contributed by atoms with van der Waals surface area (Å²) >= 11 is 0. The van der Waals surface area contributed by atoms with Crippen molar-refractivity contribution in [3.8, 4) is 17.2 Å². The van der Waals surface area contributed by atoms with Gasteiger partial charge < -0.3 is 30.7 Å². The maximum Gasteiger partial charge on any atom is 0.254 e. The van der Waals surface area contributed by atoms with Gasteiger partial charge in [0.25, 0.3) is 5.91 Å². The van der Waals surface area contributed by atoms with Crippen molar-refractivity contribution in [1.29, 1.82) is 0 Å². The van der Waals surface area contributed by atoms with Crippen LogP contribution in [0.3, 0.4) is 0 Å². The SMILES string of the molecule is C=CC(=O)N1CCC(n2cc(Nc3ncc(C(N)=O)c(Nc4c(C)cc(Oc5cccnc5)cc4OC)n3)cn2)CC1. The van der Waals surface area contributed by atoms with Crippen LogP contribution in [0.4, 0.5) is 23.1 Å². The van der Waals surface area contributed by atoms with Crippen LogP contribution in [0.1, 0.15) is 34.8 Å². The molecule has 2 amide bonds. The molecule has 1 aromatic carbocycles. The Balaban J connectivity index is 1.34. The van der Waals surface area contributed by atoms with E-state index in [-0.39, 0.29) is 29.3 Å². The molecule has 0 aliphatic carbocycles. The van der Waals surface area contributed by atoms with Crippen LogP contribution in [-0.2, 0) is 4.79 Å². The number of benzene rings is 1. The Labute approximate surface area is 242 Å². The number of carbonyl (C=O) groups is 2. The number of anilines is 4. The molecule has 13 heteroatoms. The summed E-state index contributed by atoms with van der Waals surface area (Å²) in [5.41, 5.74) is 7.77. The molecule has 0 atom stereocenters. The number of piperidine rings is 1. The maximum atomic E-state index is 12.2. The Kier molecular flexibility index (Phi) is 8.27. The molecule has 0 saturated carbocycles. The average molecular weight is 570 g/mol. The number of nitrogens with two attached hydrogens (primary N) is 1. The van der Waals surface area contributed by atoms with Crippen molar-refractivity contribution in [2.45, 2.75) is 25.8 Å². The zero-order valence-electron chi connectivity index (χ0n) is 23.3. The molecule has 1 aliphatic rings. The highest BCUT2D eigenvalue weighted by atomic mass is 16.5. The van der Waals surface area contributed by atoms with Gasteiger partial charge in [0.15, 0.2) is 0 Å². The fraction of sp³-hybridized carbons (Fsp3) is 0.241. The van der Waals surface area contributed by atoms with Gasteiger partial charge in [0.05, 0.1) is 36.9 Å². The molecule has 0 spiro atoms. The fourth-order valence-electron chi connectivity index (χ4n) is 4.69. The zero-order valence-corrected chi connectivity index (χ0v) is 23.3. The summed E-state index contributed by atoms with van der Waals surface area (Å²) in [6.45, 7) is 6.72. The van der Waals surface area contributed by atoms with Crippen LogP contribution in [0.2, 0.25) is 0 Å². The minimum Gasteiger partial charge on any atom is -0.494 e. The molecule has 3 aromatic heterocycles. The predicted molar refractivity (Wildman–Crippen MR) is 156 cm³/mol. The molecule has 4 aromatic rings. The summed E-state index contributed by atoms with van der Waals surface area (Å²) in [6, 6.07) is 7.29. The summed E-state index contributed by atoms with van der Waals surface area (Å²) in [7, 11) is 1.54. The smallest absolute Gasteiger partial charge is 0.254 e. The number of aryl methyl sites for hydroxylation is 1. The first-order valence-electron chi connectivity index (χ1n) is 13.3. The highest BCUT2D eigenvalue weighted by Crippen LogP contribution is 2.37. The number of nitrogens with zero attached hydrogens (tertiary/aromatic N) is 6. The third-order valence-corrected chi connectivity index (χ3v) is 6.84. The molecule has 1 saturated heterocycles. The molecule has 4 heterocycles. The number of hydrogen-bond donors (Lipinski definition) is 3.